The lowest BCUT2D eigenvalue weighted by Crippen LogP contribution is -2.56. The Bertz CT molecular complexity index is 1090. The van der Waals surface area contributed by atoms with Gasteiger partial charge in [0.1, 0.15) is 23.2 Å². The highest BCUT2D eigenvalue weighted by molar-refractivity contribution is 5.96. The van der Waals surface area contributed by atoms with Gasteiger partial charge in [-0.05, 0) is 84.7 Å². The Balaban J connectivity index is 1.37. The van der Waals surface area contributed by atoms with Crippen molar-refractivity contribution in [1.82, 2.24) is 42.4 Å². The normalized spacial score (nSPS) is 35.6. The lowest BCUT2D eigenvalue weighted by molar-refractivity contribution is -0.145. The number of carbonyl (C=O) groups excluding carboxylic acids is 3. The van der Waals surface area contributed by atoms with E-state index in [9.17, 15) is 24.3 Å². The molecule has 1 saturated carbocycles. The number of hydrogen-bond acceptors (Lipinski definition) is 10. The van der Waals surface area contributed by atoms with Crippen molar-refractivity contribution >= 4 is 23.9 Å². The summed E-state index contributed by atoms with van der Waals surface area (Å²) in [7, 11) is 0. The maximum atomic E-state index is 14.2. The summed E-state index contributed by atoms with van der Waals surface area (Å²) in [5.74, 6) is -1.83. The number of hydrogen-bond donors (Lipinski definition) is 7. The average molecular weight is 605 g/mol. The maximum absolute atomic E-state index is 14.2. The van der Waals surface area contributed by atoms with Crippen molar-refractivity contribution in [2.45, 2.75) is 114 Å². The van der Waals surface area contributed by atoms with Gasteiger partial charge in [0.15, 0.2) is 0 Å². The number of fused-ring (bicyclic) bond motifs is 2. The molecular weight excluding hydrogens is 556 g/mol. The third-order valence-corrected chi connectivity index (χ3v) is 9.17. The van der Waals surface area contributed by atoms with Crippen LogP contribution in [-0.4, -0.2) is 94.1 Å². The van der Waals surface area contributed by atoms with Crippen molar-refractivity contribution in [2.75, 3.05) is 19.6 Å². The topological polar surface area (TPSA) is 176 Å². The number of hydrazine groups is 3. The summed E-state index contributed by atoms with van der Waals surface area (Å²) in [5.41, 5.74) is 7.85. The Morgan fingerprint density at radius 3 is 2.60 bits per heavy atom. The number of carboxylic acids is 1. The summed E-state index contributed by atoms with van der Waals surface area (Å²) in [6.07, 6.45) is 9.42. The van der Waals surface area contributed by atoms with Crippen molar-refractivity contribution in [2.24, 2.45) is 11.8 Å². The van der Waals surface area contributed by atoms with E-state index in [1.54, 1.807) is 20.8 Å². The van der Waals surface area contributed by atoms with Gasteiger partial charge in [0.25, 0.3) is 0 Å². The van der Waals surface area contributed by atoms with Crippen molar-refractivity contribution in [1.29, 1.82) is 0 Å². The Morgan fingerprint density at radius 1 is 1.12 bits per heavy atom. The Labute approximate surface area is 253 Å². The number of rotatable bonds is 4. The molecule has 240 valence electrons. The zero-order valence-electron chi connectivity index (χ0n) is 25.5. The van der Waals surface area contributed by atoms with Crippen LogP contribution in [-0.2, 0) is 19.1 Å². The molecule has 6 atom stereocenters. The van der Waals surface area contributed by atoms with Crippen LogP contribution in [0.5, 0.6) is 0 Å². The molecule has 0 aromatic heterocycles. The van der Waals surface area contributed by atoms with E-state index in [2.05, 4.69) is 32.3 Å². The van der Waals surface area contributed by atoms with Crippen molar-refractivity contribution in [3.63, 3.8) is 0 Å². The number of carboxylic acid groups (broad SMARTS) is 1. The number of allylic oxidation sites excluding steroid dienone is 1. The van der Waals surface area contributed by atoms with Gasteiger partial charge in [0.2, 0.25) is 11.8 Å². The van der Waals surface area contributed by atoms with Crippen LogP contribution >= 0.6 is 0 Å². The molecular formula is C29H48N8O6. The molecule has 4 heterocycles. The molecule has 1 aliphatic carbocycles. The molecule has 4 aliphatic heterocycles. The van der Waals surface area contributed by atoms with Gasteiger partial charge in [0.05, 0.1) is 12.2 Å². The molecule has 0 radical (unpaired) electrons. The van der Waals surface area contributed by atoms with E-state index in [1.807, 2.05) is 17.3 Å². The monoisotopic (exact) mass is 604 g/mol. The summed E-state index contributed by atoms with van der Waals surface area (Å²) in [4.78, 5) is 54.6. The number of piperidine rings is 1. The van der Waals surface area contributed by atoms with Gasteiger partial charge in [-0.25, -0.2) is 20.4 Å². The Hall–Kier alpha value is -2.78. The highest BCUT2D eigenvalue weighted by Crippen LogP contribution is 2.45. The summed E-state index contributed by atoms with van der Waals surface area (Å²) < 4.78 is 5.46. The molecule has 1 unspecified atom stereocenters. The fourth-order valence-corrected chi connectivity index (χ4v) is 6.67. The molecule has 0 spiro atoms. The third-order valence-electron chi connectivity index (χ3n) is 9.17. The Kier molecular flexibility index (Phi) is 9.61. The predicted octanol–water partition coefficient (Wildman–Crippen LogP) is 0.484. The Morgan fingerprint density at radius 2 is 1.88 bits per heavy atom. The van der Waals surface area contributed by atoms with Gasteiger partial charge < -0.3 is 30.7 Å². The van der Waals surface area contributed by atoms with E-state index in [0.29, 0.717) is 25.2 Å². The van der Waals surface area contributed by atoms with Crippen LogP contribution in [0.1, 0.15) is 78.6 Å². The average Bonchev–Trinajstić information content (AvgIpc) is 3.28. The number of amides is 3. The molecule has 0 aromatic carbocycles. The minimum absolute atomic E-state index is 0.000504. The standard InChI is InChI=1S/C29H48N8O6/c1-28(2,3)43-27(42)31-21-10-8-6-4-5-7-9-19-16-29(19,26(40)41)32-24(38)22-15-20(17-36(22)25(21)39)37-34-23(33-35-37)18-11-13-30-14-12-18/h7,9,18-23,30,33-35H,4-6,8,10-17H2,1-3H3,(H,31,42)(H,32,38)(H,40,41)/b9-7-/t19-,20+,21-,22+,23?,29+/m1/s1. The summed E-state index contributed by atoms with van der Waals surface area (Å²) in [6, 6.07) is -2.07. The number of carbonyl (C=O) groups is 4. The number of aliphatic carboxylic acids is 1. The smallest absolute Gasteiger partial charge is 0.408 e. The number of alkyl carbamates (subject to hydrolysis) is 1. The first-order chi connectivity index (χ1) is 20.5. The molecule has 14 heteroatoms. The van der Waals surface area contributed by atoms with Crippen molar-refractivity contribution in [3.05, 3.63) is 12.2 Å². The third kappa shape index (κ3) is 7.48. The predicted molar refractivity (Wildman–Crippen MR) is 157 cm³/mol. The minimum atomic E-state index is -1.37. The molecule has 7 N–H and O–H groups in total. The minimum Gasteiger partial charge on any atom is -0.479 e. The second-order valence-electron chi connectivity index (χ2n) is 13.6. The zero-order chi connectivity index (χ0) is 30.8. The highest BCUT2D eigenvalue weighted by atomic mass is 16.6. The quantitative estimate of drug-likeness (QED) is 0.222. The van der Waals surface area contributed by atoms with Crippen LogP contribution in [0.3, 0.4) is 0 Å². The lowest BCUT2D eigenvalue weighted by Gasteiger charge is -2.30. The fourth-order valence-electron chi connectivity index (χ4n) is 6.67. The number of ether oxygens (including phenoxy) is 1. The SMILES string of the molecule is CC(C)(C)OC(=O)N[C@@H]1CCCCC/C=C\[C@@H]2C[C@]2(C(=O)O)NC(=O)[C@@H]2C[C@H](N3NNC(C4CCNCC4)N3)CN2C1=O. The van der Waals surface area contributed by atoms with Crippen LogP contribution in [0.15, 0.2) is 12.2 Å². The highest BCUT2D eigenvalue weighted by Gasteiger charge is 2.61. The summed E-state index contributed by atoms with van der Waals surface area (Å²) in [5, 5.41) is 20.9. The van der Waals surface area contributed by atoms with E-state index in [1.165, 1.54) is 4.90 Å². The van der Waals surface area contributed by atoms with Crippen molar-refractivity contribution < 1.29 is 29.0 Å². The van der Waals surface area contributed by atoms with Crippen LogP contribution in [0.4, 0.5) is 4.79 Å². The molecule has 5 aliphatic rings. The maximum Gasteiger partial charge on any atom is 0.408 e. The van der Waals surface area contributed by atoms with Crippen LogP contribution < -0.4 is 32.3 Å². The summed E-state index contributed by atoms with van der Waals surface area (Å²) in [6.45, 7) is 7.39. The molecule has 14 nitrogen and oxygen atoms in total. The molecule has 4 fully saturated rings. The van der Waals surface area contributed by atoms with Gasteiger partial charge >= 0.3 is 12.1 Å². The second-order valence-corrected chi connectivity index (χ2v) is 13.6. The molecule has 0 aromatic rings. The number of nitrogens with one attached hydrogen (secondary N) is 6. The molecule has 43 heavy (non-hydrogen) atoms. The molecule has 0 bridgehead atoms. The first-order valence-electron chi connectivity index (χ1n) is 15.8. The summed E-state index contributed by atoms with van der Waals surface area (Å²) >= 11 is 0. The van der Waals surface area contributed by atoms with E-state index < -0.39 is 41.2 Å². The van der Waals surface area contributed by atoms with E-state index in [4.69, 9.17) is 4.74 Å². The van der Waals surface area contributed by atoms with E-state index in [-0.39, 0.29) is 37.0 Å². The molecule has 3 saturated heterocycles. The number of nitrogens with zero attached hydrogens (tertiary/aromatic N) is 2. The van der Waals surface area contributed by atoms with Gasteiger partial charge in [0, 0.05) is 12.5 Å². The first kappa shape index (κ1) is 31.6. The van der Waals surface area contributed by atoms with E-state index >= 15 is 0 Å². The van der Waals surface area contributed by atoms with Gasteiger partial charge in [-0.3, -0.25) is 9.59 Å². The zero-order valence-corrected chi connectivity index (χ0v) is 25.5. The van der Waals surface area contributed by atoms with Gasteiger partial charge in [-0.15, -0.1) is 0 Å². The largest absolute Gasteiger partial charge is 0.479 e. The van der Waals surface area contributed by atoms with Gasteiger partial charge in [-0.2, -0.15) is 10.7 Å². The van der Waals surface area contributed by atoms with Crippen LogP contribution in [0, 0.1) is 11.8 Å². The fraction of sp³-hybridized carbons (Fsp3) is 0.793. The lowest BCUT2D eigenvalue weighted by atomic mass is 9.95. The molecule has 3 amide bonds. The van der Waals surface area contributed by atoms with Crippen LogP contribution in [0.25, 0.3) is 0 Å². The van der Waals surface area contributed by atoms with Crippen molar-refractivity contribution in [3.8, 4) is 0 Å². The van der Waals surface area contributed by atoms with E-state index in [0.717, 1.165) is 45.2 Å². The van der Waals surface area contributed by atoms with Gasteiger partial charge in [-0.1, -0.05) is 25.0 Å². The van der Waals surface area contributed by atoms with Crippen LogP contribution in [0.2, 0.25) is 0 Å². The first-order valence-corrected chi connectivity index (χ1v) is 15.8. The molecule has 5 rings (SSSR count). The second kappa shape index (κ2) is 13.1.